The van der Waals surface area contributed by atoms with Crippen LogP contribution in [-0.2, 0) is 12.8 Å². The van der Waals surface area contributed by atoms with Crippen LogP contribution in [0.5, 0.6) is 11.5 Å². The minimum Gasteiger partial charge on any atom is -0.492 e. The van der Waals surface area contributed by atoms with Gasteiger partial charge < -0.3 is 19.1 Å². The van der Waals surface area contributed by atoms with Gasteiger partial charge in [0, 0.05) is 30.0 Å². The summed E-state index contributed by atoms with van der Waals surface area (Å²) in [5.41, 5.74) is 3.27. The average Bonchev–Trinajstić information content (AvgIpc) is 3.19. The van der Waals surface area contributed by atoms with E-state index in [4.69, 9.17) is 19.1 Å². The molecule has 0 bridgehead atoms. The zero-order valence-electron chi connectivity index (χ0n) is 10.8. The van der Waals surface area contributed by atoms with Gasteiger partial charge in [-0.1, -0.05) is 5.16 Å². The number of aromatic nitrogens is 1. The summed E-state index contributed by atoms with van der Waals surface area (Å²) in [5.74, 6) is 0.217. The first kappa shape index (κ1) is 12.7. The van der Waals surface area contributed by atoms with Crippen LogP contribution in [0.2, 0.25) is 0 Å². The molecule has 2 aromatic rings. The van der Waals surface area contributed by atoms with E-state index in [0.717, 1.165) is 45.5 Å². The molecule has 108 valence electrons. The summed E-state index contributed by atoms with van der Waals surface area (Å²) in [6, 6.07) is 1.42. The van der Waals surface area contributed by atoms with Crippen molar-refractivity contribution in [1.29, 1.82) is 0 Å². The fourth-order valence-corrected chi connectivity index (χ4v) is 3.55. The van der Waals surface area contributed by atoms with E-state index < -0.39 is 5.97 Å². The van der Waals surface area contributed by atoms with E-state index in [2.05, 4.69) is 21.1 Å². The predicted molar refractivity (Wildman–Crippen MR) is 75.0 cm³/mol. The van der Waals surface area contributed by atoms with Gasteiger partial charge in [-0.2, -0.15) is 0 Å². The molecule has 2 aliphatic rings. The van der Waals surface area contributed by atoms with Crippen molar-refractivity contribution < 1.29 is 23.9 Å². The largest absolute Gasteiger partial charge is 0.492 e. The monoisotopic (exact) mass is 351 g/mol. The molecule has 3 heterocycles. The van der Waals surface area contributed by atoms with Crippen molar-refractivity contribution in [2.75, 3.05) is 13.2 Å². The van der Waals surface area contributed by atoms with Gasteiger partial charge in [0.15, 0.2) is 0 Å². The molecule has 0 spiro atoms. The Morgan fingerprint density at radius 1 is 1.19 bits per heavy atom. The number of carboxylic acid groups (broad SMARTS) is 1. The Bertz CT molecular complexity index is 732. The highest BCUT2D eigenvalue weighted by Gasteiger charge is 2.32. The molecular weight excluding hydrogens is 342 g/mol. The van der Waals surface area contributed by atoms with Gasteiger partial charge in [0.05, 0.1) is 23.2 Å². The van der Waals surface area contributed by atoms with Crippen LogP contribution in [0.3, 0.4) is 0 Å². The van der Waals surface area contributed by atoms with Crippen LogP contribution in [-0.4, -0.2) is 29.4 Å². The second kappa shape index (κ2) is 4.49. The lowest BCUT2D eigenvalue weighted by Crippen LogP contribution is -1.94. The third kappa shape index (κ3) is 1.77. The van der Waals surface area contributed by atoms with Crippen molar-refractivity contribution in [2.24, 2.45) is 0 Å². The van der Waals surface area contributed by atoms with Crippen molar-refractivity contribution in [3.05, 3.63) is 27.4 Å². The number of aromatic carboxylic acids is 1. The molecule has 6 nitrogen and oxygen atoms in total. The Morgan fingerprint density at radius 2 is 1.90 bits per heavy atom. The highest BCUT2D eigenvalue weighted by atomic mass is 79.9. The molecule has 0 radical (unpaired) electrons. The maximum atomic E-state index is 11.0. The van der Waals surface area contributed by atoms with E-state index in [9.17, 15) is 4.79 Å². The third-order valence-corrected chi connectivity index (χ3v) is 4.55. The lowest BCUT2D eigenvalue weighted by Gasteiger charge is -2.12. The maximum absolute atomic E-state index is 11.0. The molecule has 2 aliphatic heterocycles. The van der Waals surface area contributed by atoms with E-state index in [1.54, 1.807) is 0 Å². The molecule has 7 heteroatoms. The lowest BCUT2D eigenvalue weighted by atomic mass is 9.97. The van der Waals surface area contributed by atoms with E-state index in [-0.39, 0.29) is 5.76 Å². The van der Waals surface area contributed by atoms with Gasteiger partial charge in [0.2, 0.25) is 5.76 Å². The number of benzene rings is 1. The molecule has 1 aromatic heterocycles. The number of hydrogen-bond acceptors (Lipinski definition) is 5. The van der Waals surface area contributed by atoms with Gasteiger partial charge in [-0.05, 0) is 15.9 Å². The molecule has 1 N–H and O–H groups in total. The first-order chi connectivity index (χ1) is 10.2. The number of hydrogen-bond donors (Lipinski definition) is 1. The second-order valence-electron chi connectivity index (χ2n) is 4.88. The molecule has 1 aromatic carbocycles. The summed E-state index contributed by atoms with van der Waals surface area (Å²) in [5, 5.41) is 12.9. The lowest BCUT2D eigenvalue weighted by molar-refractivity contribution is 0.0652. The first-order valence-corrected chi connectivity index (χ1v) is 7.29. The van der Waals surface area contributed by atoms with Crippen LogP contribution < -0.4 is 9.47 Å². The molecule has 0 fully saturated rings. The molecule has 0 atom stereocenters. The number of rotatable bonds is 2. The average molecular weight is 352 g/mol. The van der Waals surface area contributed by atoms with Crippen LogP contribution >= 0.6 is 15.9 Å². The van der Waals surface area contributed by atoms with Crippen LogP contribution in [0.4, 0.5) is 0 Å². The zero-order chi connectivity index (χ0) is 14.6. The van der Waals surface area contributed by atoms with Gasteiger partial charge in [-0.25, -0.2) is 4.79 Å². The Labute approximate surface area is 127 Å². The van der Waals surface area contributed by atoms with Crippen LogP contribution in [0.1, 0.15) is 21.7 Å². The number of nitrogens with zero attached hydrogens (tertiary/aromatic N) is 1. The Morgan fingerprint density at radius 3 is 2.62 bits per heavy atom. The van der Waals surface area contributed by atoms with Crippen LogP contribution in [0.25, 0.3) is 11.3 Å². The second-order valence-corrected chi connectivity index (χ2v) is 5.68. The normalized spacial score (nSPS) is 15.3. The number of carboxylic acids is 1. The van der Waals surface area contributed by atoms with Crippen molar-refractivity contribution in [3.63, 3.8) is 0 Å². The number of carbonyl (C=O) groups is 1. The third-order valence-electron chi connectivity index (χ3n) is 3.72. The van der Waals surface area contributed by atoms with Crippen molar-refractivity contribution in [2.45, 2.75) is 12.8 Å². The fourth-order valence-electron chi connectivity index (χ4n) is 2.82. The minimum atomic E-state index is -1.14. The van der Waals surface area contributed by atoms with Gasteiger partial charge in [-0.3, -0.25) is 0 Å². The van der Waals surface area contributed by atoms with Gasteiger partial charge >= 0.3 is 5.97 Å². The molecule has 0 saturated carbocycles. The Balaban J connectivity index is 1.98. The molecule has 0 aliphatic carbocycles. The van der Waals surface area contributed by atoms with E-state index in [1.165, 1.54) is 6.07 Å². The molecule has 4 rings (SSSR count). The fraction of sp³-hybridized carbons (Fsp3) is 0.286. The Kier molecular flexibility index (Phi) is 2.72. The molecular formula is C14H10BrNO5. The van der Waals surface area contributed by atoms with Crippen LogP contribution in [0, 0.1) is 0 Å². The first-order valence-electron chi connectivity index (χ1n) is 6.50. The predicted octanol–water partition coefficient (Wildman–Crippen LogP) is 2.67. The molecule has 0 saturated heterocycles. The van der Waals surface area contributed by atoms with Crippen molar-refractivity contribution >= 4 is 21.9 Å². The summed E-state index contributed by atoms with van der Waals surface area (Å²) >= 11 is 3.58. The maximum Gasteiger partial charge on any atom is 0.374 e. The van der Waals surface area contributed by atoms with Crippen molar-refractivity contribution in [1.82, 2.24) is 5.16 Å². The highest BCUT2D eigenvalue weighted by molar-refractivity contribution is 9.10. The molecule has 0 unspecified atom stereocenters. The standard InChI is InChI=1S/C14H10BrNO5/c15-11-7-2-4-19-12(7)10(6-1-3-20-13(6)11)8-5-9(14(17)18)21-16-8/h5H,1-4H2,(H,17,18). The number of ether oxygens (including phenoxy) is 2. The topological polar surface area (TPSA) is 81.8 Å². The molecule has 0 amide bonds. The SMILES string of the molecule is O=C(O)c1cc(-c2c3c(c(Br)c4c2OCC4)OCC3)no1. The highest BCUT2D eigenvalue weighted by Crippen LogP contribution is 2.50. The van der Waals surface area contributed by atoms with Gasteiger partial charge in [0.1, 0.15) is 17.2 Å². The Hall–Kier alpha value is -2.02. The van der Waals surface area contributed by atoms with Gasteiger partial charge in [0.25, 0.3) is 0 Å². The van der Waals surface area contributed by atoms with Crippen molar-refractivity contribution in [3.8, 4) is 22.8 Å². The molecule has 21 heavy (non-hydrogen) atoms. The quantitative estimate of drug-likeness (QED) is 0.895. The number of fused-ring (bicyclic) bond motifs is 2. The summed E-state index contributed by atoms with van der Waals surface area (Å²) in [7, 11) is 0. The number of halogens is 1. The summed E-state index contributed by atoms with van der Waals surface area (Å²) in [6.45, 7) is 1.18. The van der Waals surface area contributed by atoms with Crippen LogP contribution in [0.15, 0.2) is 15.1 Å². The smallest absolute Gasteiger partial charge is 0.374 e. The van der Waals surface area contributed by atoms with E-state index >= 15 is 0 Å². The van der Waals surface area contributed by atoms with E-state index in [1.807, 2.05) is 0 Å². The summed E-state index contributed by atoms with van der Waals surface area (Å²) in [6.07, 6.45) is 1.51. The minimum absolute atomic E-state index is 0.188. The zero-order valence-corrected chi connectivity index (χ0v) is 12.4. The van der Waals surface area contributed by atoms with E-state index in [0.29, 0.717) is 18.9 Å². The summed E-state index contributed by atoms with van der Waals surface area (Å²) in [4.78, 5) is 11.0. The summed E-state index contributed by atoms with van der Waals surface area (Å²) < 4.78 is 17.2. The van der Waals surface area contributed by atoms with Gasteiger partial charge in [-0.15, -0.1) is 0 Å².